The van der Waals surface area contributed by atoms with E-state index in [9.17, 15) is 15.2 Å². The maximum Gasteiger partial charge on any atom is 0.277 e. The van der Waals surface area contributed by atoms with Gasteiger partial charge in [-0.15, -0.1) is 6.58 Å². The van der Waals surface area contributed by atoms with Crippen LogP contribution in [0.3, 0.4) is 0 Å². The minimum Gasteiger partial charge on any atom is -0.507 e. The van der Waals surface area contributed by atoms with E-state index in [-0.39, 0.29) is 17.0 Å². The number of nitro benzene ring substituents is 1. The zero-order chi connectivity index (χ0) is 13.2. The first-order valence-corrected chi connectivity index (χ1v) is 5.21. The lowest BCUT2D eigenvalue weighted by Crippen LogP contribution is -2.13. The fraction of sp³-hybridized carbons (Fsp3) is 0.333. The van der Waals surface area contributed by atoms with Gasteiger partial charge in [-0.1, -0.05) is 5.57 Å². The summed E-state index contributed by atoms with van der Waals surface area (Å²) in [5.74, 6) is -0.104. The average Bonchev–Trinajstić information content (AvgIpc) is 2.20. The number of phenolic OH excluding ortho intramolecular Hbond substituents is 1. The van der Waals surface area contributed by atoms with Gasteiger partial charge < -0.3 is 10.8 Å². The van der Waals surface area contributed by atoms with Crippen molar-refractivity contribution in [2.45, 2.75) is 26.3 Å². The predicted molar refractivity (Wildman–Crippen MR) is 65.9 cm³/mol. The molecule has 1 aromatic carbocycles. The number of aryl methyl sites for hydroxylation is 1. The summed E-state index contributed by atoms with van der Waals surface area (Å²) in [6.45, 7) is 7.18. The molecule has 0 bridgehead atoms. The molecular formula is C12H16N2O3. The maximum absolute atomic E-state index is 10.9. The molecule has 0 aliphatic rings. The number of hydrogen-bond donors (Lipinski definition) is 2. The van der Waals surface area contributed by atoms with Gasteiger partial charge in [0, 0.05) is 12.1 Å². The van der Waals surface area contributed by atoms with Crippen LogP contribution in [0.15, 0.2) is 24.3 Å². The highest BCUT2D eigenvalue weighted by Gasteiger charge is 2.24. The van der Waals surface area contributed by atoms with Crippen LogP contribution in [-0.4, -0.2) is 10.0 Å². The van der Waals surface area contributed by atoms with Gasteiger partial charge in [0.1, 0.15) is 5.75 Å². The summed E-state index contributed by atoms with van der Waals surface area (Å²) in [5, 5.41) is 20.8. The second-order valence-electron chi connectivity index (χ2n) is 4.19. The molecule has 0 heterocycles. The lowest BCUT2D eigenvalue weighted by molar-refractivity contribution is -0.385. The van der Waals surface area contributed by atoms with Crippen LogP contribution in [0.5, 0.6) is 5.75 Å². The van der Waals surface area contributed by atoms with E-state index in [0.29, 0.717) is 12.0 Å². The Balaban J connectivity index is 3.32. The summed E-state index contributed by atoms with van der Waals surface area (Å²) in [6, 6.07) is 2.25. The van der Waals surface area contributed by atoms with Crippen molar-refractivity contribution >= 4 is 5.69 Å². The van der Waals surface area contributed by atoms with Crippen LogP contribution in [0.4, 0.5) is 5.69 Å². The topological polar surface area (TPSA) is 89.4 Å². The highest BCUT2D eigenvalue weighted by atomic mass is 16.6. The van der Waals surface area contributed by atoms with E-state index in [1.807, 2.05) is 0 Å². The normalized spacial score (nSPS) is 12.2. The van der Waals surface area contributed by atoms with E-state index < -0.39 is 11.0 Å². The molecule has 1 aromatic rings. The first-order chi connectivity index (χ1) is 7.84. The van der Waals surface area contributed by atoms with Gasteiger partial charge in [0.05, 0.1) is 10.5 Å². The zero-order valence-electron chi connectivity index (χ0n) is 9.93. The summed E-state index contributed by atoms with van der Waals surface area (Å²) in [6.07, 6.45) is 0.401. The molecule has 0 saturated carbocycles. The van der Waals surface area contributed by atoms with Crippen LogP contribution in [-0.2, 0) is 0 Å². The third kappa shape index (κ3) is 2.82. The van der Waals surface area contributed by atoms with Crippen molar-refractivity contribution < 1.29 is 10.0 Å². The first-order valence-electron chi connectivity index (χ1n) is 5.21. The van der Waals surface area contributed by atoms with Crippen molar-refractivity contribution in [2.75, 3.05) is 0 Å². The smallest absolute Gasteiger partial charge is 0.277 e. The molecule has 0 saturated heterocycles. The van der Waals surface area contributed by atoms with Crippen molar-refractivity contribution in [1.29, 1.82) is 0 Å². The molecule has 0 aliphatic heterocycles. The van der Waals surface area contributed by atoms with Crippen LogP contribution in [0.25, 0.3) is 0 Å². The Morgan fingerprint density at radius 3 is 2.71 bits per heavy atom. The molecule has 1 rings (SSSR count). The molecule has 5 nitrogen and oxygen atoms in total. The van der Waals surface area contributed by atoms with E-state index in [1.165, 1.54) is 12.1 Å². The number of aromatic hydroxyl groups is 1. The van der Waals surface area contributed by atoms with Gasteiger partial charge >= 0.3 is 0 Å². The maximum atomic E-state index is 10.9. The van der Waals surface area contributed by atoms with E-state index in [4.69, 9.17) is 5.73 Å². The number of nitrogens with two attached hydrogens (primary N) is 1. The molecule has 5 heteroatoms. The largest absolute Gasteiger partial charge is 0.507 e. The van der Waals surface area contributed by atoms with E-state index in [1.54, 1.807) is 13.8 Å². The van der Waals surface area contributed by atoms with Gasteiger partial charge in [0.15, 0.2) is 0 Å². The van der Waals surface area contributed by atoms with Crippen molar-refractivity contribution in [3.05, 3.63) is 45.5 Å². The monoisotopic (exact) mass is 236 g/mol. The van der Waals surface area contributed by atoms with Gasteiger partial charge in [-0.05, 0) is 31.9 Å². The van der Waals surface area contributed by atoms with E-state index in [2.05, 4.69) is 6.58 Å². The van der Waals surface area contributed by atoms with Gasteiger partial charge in [-0.2, -0.15) is 0 Å². The molecule has 1 atom stereocenters. The Kier molecular flexibility index (Phi) is 3.85. The highest BCUT2D eigenvalue weighted by molar-refractivity contribution is 5.54. The standard InChI is InChI=1S/C12H16N2O3/c1-7(2)6-9(13)11-10(14(16)17)5-4-8(3)12(11)15/h4-5,9,15H,1,6,13H2,2-3H3/t9-/m1/s1. The Bertz CT molecular complexity index is 469. The number of hydrogen-bond acceptors (Lipinski definition) is 4. The Morgan fingerprint density at radius 2 is 2.24 bits per heavy atom. The second kappa shape index (κ2) is 4.97. The number of rotatable bonds is 4. The lowest BCUT2D eigenvalue weighted by atomic mass is 9.96. The van der Waals surface area contributed by atoms with Crippen LogP contribution >= 0.6 is 0 Å². The lowest BCUT2D eigenvalue weighted by Gasteiger charge is -2.15. The van der Waals surface area contributed by atoms with Crippen LogP contribution in [0.1, 0.15) is 30.5 Å². The van der Waals surface area contributed by atoms with Crippen LogP contribution in [0, 0.1) is 17.0 Å². The van der Waals surface area contributed by atoms with Gasteiger partial charge in [0.25, 0.3) is 5.69 Å². The average molecular weight is 236 g/mol. The second-order valence-corrected chi connectivity index (χ2v) is 4.19. The molecule has 0 aliphatic carbocycles. The zero-order valence-corrected chi connectivity index (χ0v) is 9.93. The van der Waals surface area contributed by atoms with E-state index in [0.717, 1.165) is 5.57 Å². The summed E-state index contributed by atoms with van der Waals surface area (Å²) < 4.78 is 0. The van der Waals surface area contributed by atoms with Crippen LogP contribution < -0.4 is 5.73 Å². The fourth-order valence-electron chi connectivity index (χ4n) is 1.71. The SMILES string of the molecule is C=C(C)C[C@@H](N)c1c([N+](=O)[O-])ccc(C)c1O. The quantitative estimate of drug-likeness (QED) is 0.477. The van der Waals surface area contributed by atoms with Crippen molar-refractivity contribution in [3.8, 4) is 5.75 Å². The third-order valence-electron chi connectivity index (χ3n) is 2.53. The molecule has 0 radical (unpaired) electrons. The number of phenols is 1. The molecular weight excluding hydrogens is 220 g/mol. The highest BCUT2D eigenvalue weighted by Crippen LogP contribution is 2.36. The Labute approximate surface area is 99.7 Å². The first kappa shape index (κ1) is 13.2. The Morgan fingerprint density at radius 1 is 1.65 bits per heavy atom. The summed E-state index contributed by atoms with van der Waals surface area (Å²) in [5.41, 5.74) is 7.29. The van der Waals surface area contributed by atoms with Gasteiger partial charge in [-0.3, -0.25) is 10.1 Å². The number of benzene rings is 1. The molecule has 3 N–H and O–H groups in total. The van der Waals surface area contributed by atoms with Crippen molar-refractivity contribution in [3.63, 3.8) is 0 Å². The Hall–Kier alpha value is -1.88. The fourth-order valence-corrected chi connectivity index (χ4v) is 1.71. The van der Waals surface area contributed by atoms with Crippen molar-refractivity contribution in [1.82, 2.24) is 0 Å². The molecule has 0 fully saturated rings. The third-order valence-corrected chi connectivity index (χ3v) is 2.53. The molecule has 0 spiro atoms. The molecule has 17 heavy (non-hydrogen) atoms. The minimum atomic E-state index is -0.618. The van der Waals surface area contributed by atoms with Gasteiger partial charge in [-0.25, -0.2) is 0 Å². The summed E-state index contributed by atoms with van der Waals surface area (Å²) in [4.78, 5) is 10.4. The summed E-state index contributed by atoms with van der Waals surface area (Å²) in [7, 11) is 0. The minimum absolute atomic E-state index is 0.104. The van der Waals surface area contributed by atoms with Crippen LogP contribution in [0.2, 0.25) is 0 Å². The molecule has 0 aromatic heterocycles. The van der Waals surface area contributed by atoms with Gasteiger partial charge in [0.2, 0.25) is 0 Å². The molecule has 92 valence electrons. The van der Waals surface area contributed by atoms with Crippen molar-refractivity contribution in [2.24, 2.45) is 5.73 Å². The molecule has 0 unspecified atom stereocenters. The predicted octanol–water partition coefficient (Wildman–Crippen LogP) is 2.57. The number of nitrogens with zero attached hydrogens (tertiary/aromatic N) is 1. The summed E-state index contributed by atoms with van der Waals surface area (Å²) >= 11 is 0. The molecule has 0 amide bonds. The van der Waals surface area contributed by atoms with E-state index >= 15 is 0 Å². The number of nitro groups is 1.